The number of rotatable bonds is 5. The highest BCUT2D eigenvalue weighted by Crippen LogP contribution is 2.17. The van der Waals surface area contributed by atoms with Gasteiger partial charge >= 0.3 is 0 Å². The fourth-order valence-corrected chi connectivity index (χ4v) is 2.33. The molecule has 90 valence electrons. The van der Waals surface area contributed by atoms with E-state index in [0.717, 1.165) is 0 Å². The zero-order valence-corrected chi connectivity index (χ0v) is 10.6. The number of ether oxygens (including phenoxy) is 1. The van der Waals surface area contributed by atoms with Crippen LogP contribution in [0.5, 0.6) is 0 Å². The van der Waals surface area contributed by atoms with Crippen molar-refractivity contribution in [1.29, 1.82) is 0 Å². The van der Waals surface area contributed by atoms with E-state index in [9.17, 15) is 8.42 Å². The summed E-state index contributed by atoms with van der Waals surface area (Å²) in [4.78, 5) is 0.0832. The Morgan fingerprint density at radius 3 is 2.38 bits per heavy atom. The molecule has 0 bridgehead atoms. The molecule has 0 spiro atoms. The predicted molar refractivity (Wildman–Crippen MR) is 61.1 cm³/mol. The van der Waals surface area contributed by atoms with Gasteiger partial charge in [0, 0.05) is 12.1 Å². The smallest absolute Gasteiger partial charge is 0.297 e. The fourth-order valence-electron chi connectivity index (χ4n) is 1.14. The molecule has 0 aliphatic heterocycles. The SMILES string of the molecule is COCC(C)OS(=O)(=O)c1ccc(Cl)cc1. The first kappa shape index (κ1) is 13.4. The first-order chi connectivity index (χ1) is 7.45. The van der Waals surface area contributed by atoms with Gasteiger partial charge in [-0.2, -0.15) is 8.42 Å². The van der Waals surface area contributed by atoms with Crippen molar-refractivity contribution in [2.45, 2.75) is 17.9 Å². The Kier molecular flexibility index (Phi) is 4.73. The molecule has 1 aromatic carbocycles. The van der Waals surface area contributed by atoms with E-state index >= 15 is 0 Å². The Bertz CT molecular complexity index is 427. The van der Waals surface area contributed by atoms with Gasteiger partial charge in [-0.25, -0.2) is 0 Å². The molecule has 0 fully saturated rings. The molecule has 16 heavy (non-hydrogen) atoms. The Labute approximate surface area is 100 Å². The van der Waals surface area contributed by atoms with Gasteiger partial charge in [-0.05, 0) is 31.2 Å². The van der Waals surface area contributed by atoms with Crippen LogP contribution in [-0.2, 0) is 19.0 Å². The van der Waals surface area contributed by atoms with E-state index in [0.29, 0.717) is 5.02 Å². The zero-order chi connectivity index (χ0) is 12.2. The average molecular weight is 265 g/mol. The van der Waals surface area contributed by atoms with Gasteiger partial charge in [-0.15, -0.1) is 0 Å². The molecule has 1 rings (SSSR count). The standard InChI is InChI=1S/C10H13ClO4S/c1-8(7-14-2)15-16(12,13)10-5-3-9(11)4-6-10/h3-6,8H,7H2,1-2H3. The second kappa shape index (κ2) is 5.63. The third-order valence-electron chi connectivity index (χ3n) is 1.79. The van der Waals surface area contributed by atoms with Gasteiger partial charge in [-0.1, -0.05) is 11.6 Å². The van der Waals surface area contributed by atoms with Gasteiger partial charge in [0.05, 0.1) is 17.6 Å². The van der Waals surface area contributed by atoms with Gasteiger partial charge in [0.1, 0.15) is 0 Å². The first-order valence-electron chi connectivity index (χ1n) is 4.63. The van der Waals surface area contributed by atoms with Crippen LogP contribution >= 0.6 is 11.6 Å². The van der Waals surface area contributed by atoms with Gasteiger partial charge in [0.15, 0.2) is 0 Å². The maximum absolute atomic E-state index is 11.7. The van der Waals surface area contributed by atoms with Crippen LogP contribution in [0, 0.1) is 0 Å². The van der Waals surface area contributed by atoms with Crippen molar-refractivity contribution in [3.8, 4) is 0 Å². The van der Waals surface area contributed by atoms with Crippen molar-refractivity contribution >= 4 is 21.7 Å². The van der Waals surface area contributed by atoms with Crippen LogP contribution in [0.3, 0.4) is 0 Å². The Morgan fingerprint density at radius 1 is 1.31 bits per heavy atom. The summed E-state index contributed by atoms with van der Waals surface area (Å²) in [5, 5.41) is 0.476. The lowest BCUT2D eigenvalue weighted by Gasteiger charge is -2.11. The van der Waals surface area contributed by atoms with E-state index in [1.54, 1.807) is 6.92 Å². The van der Waals surface area contributed by atoms with E-state index < -0.39 is 16.2 Å². The predicted octanol–water partition coefficient (Wildman–Crippen LogP) is 2.08. The third-order valence-corrected chi connectivity index (χ3v) is 3.48. The van der Waals surface area contributed by atoms with Gasteiger partial charge in [0.25, 0.3) is 10.1 Å². The topological polar surface area (TPSA) is 52.6 Å². The third kappa shape index (κ3) is 3.75. The molecule has 1 atom stereocenters. The Hall–Kier alpha value is -0.620. The van der Waals surface area contributed by atoms with Crippen LogP contribution in [0.15, 0.2) is 29.2 Å². The maximum atomic E-state index is 11.7. The van der Waals surface area contributed by atoms with Crippen molar-refractivity contribution in [3.63, 3.8) is 0 Å². The molecule has 0 aliphatic carbocycles. The minimum atomic E-state index is -3.74. The average Bonchev–Trinajstić information content (AvgIpc) is 2.17. The van der Waals surface area contributed by atoms with Gasteiger partial charge in [-0.3, -0.25) is 4.18 Å². The van der Waals surface area contributed by atoms with Crippen molar-refractivity contribution < 1.29 is 17.3 Å². The molecule has 0 heterocycles. The van der Waals surface area contributed by atoms with Crippen molar-refractivity contribution in [2.24, 2.45) is 0 Å². The number of halogens is 1. The largest absolute Gasteiger partial charge is 0.382 e. The summed E-state index contributed by atoms with van der Waals surface area (Å²) in [6, 6.07) is 5.80. The normalized spacial score (nSPS) is 13.7. The van der Waals surface area contributed by atoms with Crippen LogP contribution in [0.2, 0.25) is 5.02 Å². The Morgan fingerprint density at radius 2 is 1.88 bits per heavy atom. The van der Waals surface area contributed by atoms with Crippen molar-refractivity contribution in [1.82, 2.24) is 0 Å². The molecule has 0 radical (unpaired) electrons. The molecule has 0 saturated heterocycles. The van der Waals surface area contributed by atoms with Crippen molar-refractivity contribution in [2.75, 3.05) is 13.7 Å². The summed E-state index contributed by atoms with van der Waals surface area (Å²) in [7, 11) is -2.26. The molecule has 1 aromatic rings. The number of benzene rings is 1. The first-order valence-corrected chi connectivity index (χ1v) is 6.42. The summed E-state index contributed by atoms with van der Waals surface area (Å²) in [6.45, 7) is 1.84. The zero-order valence-electron chi connectivity index (χ0n) is 9.01. The second-order valence-electron chi connectivity index (χ2n) is 3.27. The van der Waals surface area contributed by atoms with Crippen LogP contribution in [0.25, 0.3) is 0 Å². The van der Waals surface area contributed by atoms with Crippen LogP contribution < -0.4 is 0 Å². The van der Waals surface area contributed by atoms with Crippen molar-refractivity contribution in [3.05, 3.63) is 29.3 Å². The highest BCUT2D eigenvalue weighted by molar-refractivity contribution is 7.86. The summed E-state index contributed by atoms with van der Waals surface area (Å²) in [5.41, 5.74) is 0. The minimum Gasteiger partial charge on any atom is -0.382 e. The quantitative estimate of drug-likeness (QED) is 0.764. The lowest BCUT2D eigenvalue weighted by atomic mass is 10.4. The number of methoxy groups -OCH3 is 1. The molecule has 0 N–H and O–H groups in total. The van der Waals surface area contributed by atoms with E-state index in [1.807, 2.05) is 0 Å². The van der Waals surface area contributed by atoms with Crippen LogP contribution in [0.1, 0.15) is 6.92 Å². The van der Waals surface area contributed by atoms with Crippen LogP contribution in [-0.4, -0.2) is 28.2 Å². The van der Waals surface area contributed by atoms with E-state index in [1.165, 1.54) is 31.4 Å². The monoisotopic (exact) mass is 264 g/mol. The summed E-state index contributed by atoms with van der Waals surface area (Å²) in [6.07, 6.45) is -0.523. The lowest BCUT2D eigenvalue weighted by molar-refractivity contribution is 0.0962. The highest BCUT2D eigenvalue weighted by atomic mass is 35.5. The van der Waals surface area contributed by atoms with E-state index in [2.05, 4.69) is 0 Å². The van der Waals surface area contributed by atoms with E-state index in [-0.39, 0.29) is 11.5 Å². The molecular weight excluding hydrogens is 252 g/mol. The fraction of sp³-hybridized carbons (Fsp3) is 0.400. The molecule has 0 amide bonds. The second-order valence-corrected chi connectivity index (χ2v) is 5.28. The summed E-state index contributed by atoms with van der Waals surface area (Å²) >= 11 is 5.66. The molecule has 1 unspecified atom stereocenters. The van der Waals surface area contributed by atoms with Gasteiger partial charge in [0.2, 0.25) is 0 Å². The van der Waals surface area contributed by atoms with Gasteiger partial charge < -0.3 is 4.74 Å². The Balaban J connectivity index is 2.82. The molecule has 6 heteroatoms. The minimum absolute atomic E-state index is 0.0832. The maximum Gasteiger partial charge on any atom is 0.297 e. The molecule has 0 aromatic heterocycles. The lowest BCUT2D eigenvalue weighted by Crippen LogP contribution is -2.19. The molecule has 0 aliphatic rings. The van der Waals surface area contributed by atoms with Crippen LogP contribution in [0.4, 0.5) is 0 Å². The molecular formula is C10H13ClO4S. The highest BCUT2D eigenvalue weighted by Gasteiger charge is 2.18. The number of hydrogen-bond acceptors (Lipinski definition) is 4. The number of hydrogen-bond donors (Lipinski definition) is 0. The summed E-state index contributed by atoms with van der Waals surface area (Å²) < 4.78 is 33.1. The summed E-state index contributed by atoms with van der Waals surface area (Å²) in [5.74, 6) is 0. The molecule has 0 saturated carbocycles. The van der Waals surface area contributed by atoms with E-state index in [4.69, 9.17) is 20.5 Å². The molecule has 4 nitrogen and oxygen atoms in total.